The molecule has 4 saturated heterocycles. The van der Waals surface area contributed by atoms with Gasteiger partial charge in [0.05, 0.1) is 22.2 Å². The molecule has 57 heavy (non-hydrogen) atoms. The summed E-state index contributed by atoms with van der Waals surface area (Å²) in [6.45, 7) is 10.3. The highest BCUT2D eigenvalue weighted by atomic mass is 32.1. The molecule has 3 aromatic heterocycles. The van der Waals surface area contributed by atoms with Crippen molar-refractivity contribution in [3.05, 3.63) is 57.8 Å². The van der Waals surface area contributed by atoms with Crippen molar-refractivity contribution in [1.82, 2.24) is 29.7 Å². The molecule has 14 heteroatoms. The minimum Gasteiger partial charge on any atom is -0.381 e. The Morgan fingerprint density at radius 2 is 1.63 bits per heavy atom. The first kappa shape index (κ1) is 36.4. The van der Waals surface area contributed by atoms with Crippen molar-refractivity contribution in [1.29, 1.82) is 0 Å². The van der Waals surface area contributed by atoms with Crippen molar-refractivity contribution in [2.24, 2.45) is 18.4 Å². The molecule has 8 heterocycles. The van der Waals surface area contributed by atoms with Gasteiger partial charge in [0.15, 0.2) is 0 Å². The Morgan fingerprint density at radius 3 is 2.40 bits per heavy atom. The lowest BCUT2D eigenvalue weighted by molar-refractivity contribution is -0.135. The molecule has 0 saturated carbocycles. The summed E-state index contributed by atoms with van der Waals surface area (Å²) in [6.07, 6.45) is 7.79. The molecule has 0 aliphatic carbocycles. The van der Waals surface area contributed by atoms with Crippen LogP contribution in [0.1, 0.15) is 74.0 Å². The SMILES string of the molecule is C[C@@H]1CNc2c(sc3ccc4nc(N5CCC(CN6CCC7(CC6)CCN(c6ccc8c(c6)n(C)c(=O)n8C6CCC(=O)NC6=O)CC7)CC5)ccc4c23)C(=O)N1. The van der Waals surface area contributed by atoms with Crippen molar-refractivity contribution in [2.45, 2.75) is 70.4 Å². The first-order valence-corrected chi connectivity index (χ1v) is 21.6. The van der Waals surface area contributed by atoms with Gasteiger partial charge in [0, 0.05) is 79.9 Å². The third kappa shape index (κ3) is 6.44. The number of rotatable bonds is 5. The largest absolute Gasteiger partial charge is 0.381 e. The van der Waals surface area contributed by atoms with Gasteiger partial charge in [0.1, 0.15) is 16.7 Å². The van der Waals surface area contributed by atoms with Crippen molar-refractivity contribution in [3.63, 3.8) is 0 Å². The molecule has 13 nitrogen and oxygen atoms in total. The van der Waals surface area contributed by atoms with E-state index in [9.17, 15) is 19.2 Å². The molecule has 298 valence electrons. The Morgan fingerprint density at radius 1 is 0.860 bits per heavy atom. The summed E-state index contributed by atoms with van der Waals surface area (Å²) in [4.78, 5) is 64.0. The molecule has 5 aliphatic rings. The van der Waals surface area contributed by atoms with Crippen LogP contribution in [0.4, 0.5) is 17.2 Å². The molecule has 3 N–H and O–H groups in total. The highest BCUT2D eigenvalue weighted by Crippen LogP contribution is 2.44. The van der Waals surface area contributed by atoms with Crippen LogP contribution in [-0.4, -0.2) is 95.1 Å². The number of amides is 3. The summed E-state index contributed by atoms with van der Waals surface area (Å²) >= 11 is 1.55. The number of carbonyl (C=O) groups excluding carboxylic acids is 3. The number of nitrogens with zero attached hydrogens (tertiary/aromatic N) is 6. The number of imide groups is 1. The van der Waals surface area contributed by atoms with E-state index in [1.54, 1.807) is 27.5 Å². The maximum Gasteiger partial charge on any atom is 0.329 e. The van der Waals surface area contributed by atoms with Crippen LogP contribution < -0.4 is 31.4 Å². The van der Waals surface area contributed by atoms with E-state index in [0.29, 0.717) is 24.3 Å². The fourth-order valence-electron chi connectivity index (χ4n) is 10.3. The average Bonchev–Trinajstić information content (AvgIpc) is 3.67. The Bertz CT molecular complexity index is 2480. The molecule has 1 unspecified atom stereocenters. The lowest BCUT2D eigenvalue weighted by Crippen LogP contribution is -2.48. The van der Waals surface area contributed by atoms with Crippen LogP contribution in [0.25, 0.3) is 32.0 Å². The van der Waals surface area contributed by atoms with Crippen LogP contribution in [0.2, 0.25) is 0 Å². The summed E-state index contributed by atoms with van der Waals surface area (Å²) in [5.41, 5.74) is 4.76. The number of pyridine rings is 1. The number of fused-ring (bicyclic) bond motifs is 6. The predicted octanol–water partition coefficient (Wildman–Crippen LogP) is 5.22. The smallest absolute Gasteiger partial charge is 0.329 e. The van der Waals surface area contributed by atoms with Gasteiger partial charge in [-0.15, -0.1) is 11.3 Å². The predicted molar refractivity (Wildman–Crippen MR) is 226 cm³/mol. The summed E-state index contributed by atoms with van der Waals surface area (Å²) in [5.74, 6) is 1.06. The zero-order valence-corrected chi connectivity index (χ0v) is 33.6. The molecule has 2 aromatic carbocycles. The molecule has 10 rings (SSSR count). The maximum absolute atomic E-state index is 13.3. The molecule has 5 aliphatic heterocycles. The number of thiophene rings is 1. The Kier molecular flexibility index (Phi) is 9.04. The number of aromatic nitrogens is 3. The number of nitrogens with one attached hydrogen (secondary N) is 3. The van der Waals surface area contributed by atoms with Gasteiger partial charge in [-0.25, -0.2) is 9.78 Å². The molecular weight excluding hydrogens is 739 g/mol. The first-order valence-electron chi connectivity index (χ1n) is 20.8. The van der Waals surface area contributed by atoms with E-state index in [-0.39, 0.29) is 30.0 Å². The summed E-state index contributed by atoms with van der Waals surface area (Å²) in [6, 6.07) is 14.1. The van der Waals surface area contributed by atoms with Crippen molar-refractivity contribution in [3.8, 4) is 0 Å². The molecule has 5 aromatic rings. The minimum absolute atomic E-state index is 0.000329. The maximum atomic E-state index is 13.3. The standard InChI is InChI=1S/C43H51N9O4S/c1-26-24-44-38-37-29-4-9-35(46-30(29)5-8-34(37)57-39(38)41(55)45-26)51-17-11-27(12-18-51)25-49-19-13-43(14-20-49)15-21-50(22-16-43)28-3-6-31-33(23-28)48(2)42(56)52(31)32-7-10-36(53)47-40(32)54/h3-6,8-9,23,26-27,32,44H,7,10-22,24-25H2,1-2H3,(H,45,55)(H,47,53,54)/t26-,32?/m1/s1. The highest BCUT2D eigenvalue weighted by Gasteiger charge is 2.39. The van der Waals surface area contributed by atoms with Gasteiger partial charge < -0.3 is 25.3 Å². The Balaban J connectivity index is 0.728. The molecule has 4 fully saturated rings. The second-order valence-electron chi connectivity index (χ2n) is 17.3. The van der Waals surface area contributed by atoms with Crippen molar-refractivity contribution in [2.75, 3.05) is 67.5 Å². The summed E-state index contributed by atoms with van der Waals surface area (Å²) in [7, 11) is 1.76. The van der Waals surface area contributed by atoms with Crippen molar-refractivity contribution >= 4 is 78.3 Å². The van der Waals surface area contributed by atoms with Gasteiger partial charge in [-0.3, -0.25) is 28.8 Å². The quantitative estimate of drug-likeness (QED) is 0.205. The number of piperidine rings is 4. The molecular formula is C43H51N9O4S. The molecule has 2 atom stereocenters. The van der Waals surface area contributed by atoms with Crippen LogP contribution in [0.5, 0.6) is 0 Å². The molecule has 0 radical (unpaired) electrons. The van der Waals surface area contributed by atoms with E-state index in [0.717, 1.165) is 80.3 Å². The fourth-order valence-corrected chi connectivity index (χ4v) is 11.4. The zero-order chi connectivity index (χ0) is 39.0. The van der Waals surface area contributed by atoms with E-state index in [1.165, 1.54) is 58.2 Å². The second-order valence-corrected chi connectivity index (χ2v) is 18.4. The first-order chi connectivity index (χ1) is 27.6. The Hall–Kier alpha value is -4.95. The van der Waals surface area contributed by atoms with E-state index >= 15 is 0 Å². The lowest BCUT2D eigenvalue weighted by atomic mass is 9.71. The summed E-state index contributed by atoms with van der Waals surface area (Å²) < 4.78 is 4.30. The van der Waals surface area contributed by atoms with Gasteiger partial charge in [-0.1, -0.05) is 0 Å². The number of hydrogen-bond acceptors (Lipinski definition) is 10. The zero-order valence-electron chi connectivity index (χ0n) is 32.8. The summed E-state index contributed by atoms with van der Waals surface area (Å²) in [5, 5.41) is 11.2. The van der Waals surface area contributed by atoms with Crippen LogP contribution in [0.15, 0.2) is 47.3 Å². The monoisotopic (exact) mass is 789 g/mol. The van der Waals surface area contributed by atoms with Crippen LogP contribution in [0.3, 0.4) is 0 Å². The minimum atomic E-state index is -0.670. The second kappa shape index (κ2) is 14.2. The van der Waals surface area contributed by atoms with Gasteiger partial charge in [0.2, 0.25) is 11.8 Å². The third-order valence-corrected chi connectivity index (χ3v) is 15.0. The number of aryl methyl sites for hydroxylation is 1. The number of imidazole rings is 1. The van der Waals surface area contributed by atoms with Crippen LogP contribution in [0, 0.1) is 11.3 Å². The topological polar surface area (TPSA) is 137 Å². The molecule has 1 spiro atoms. The van der Waals surface area contributed by atoms with E-state index in [2.05, 4.69) is 67.0 Å². The van der Waals surface area contributed by atoms with Gasteiger partial charge in [0.25, 0.3) is 5.91 Å². The van der Waals surface area contributed by atoms with Crippen LogP contribution in [-0.2, 0) is 16.6 Å². The normalized spacial score (nSPS) is 23.5. The van der Waals surface area contributed by atoms with E-state index in [1.807, 2.05) is 13.0 Å². The fraction of sp³-hybridized carbons (Fsp3) is 0.512. The van der Waals surface area contributed by atoms with Gasteiger partial charge in [-0.2, -0.15) is 0 Å². The Labute approximate surface area is 335 Å². The van der Waals surface area contributed by atoms with Gasteiger partial charge in [-0.05, 0) is 119 Å². The number of benzene rings is 2. The highest BCUT2D eigenvalue weighted by molar-refractivity contribution is 7.21. The average molecular weight is 790 g/mol. The van der Waals surface area contributed by atoms with E-state index < -0.39 is 11.9 Å². The number of carbonyl (C=O) groups is 3. The number of anilines is 3. The number of likely N-dealkylation sites (tertiary alicyclic amines) is 1. The third-order valence-electron chi connectivity index (χ3n) is 13.8. The molecule has 3 amide bonds. The van der Waals surface area contributed by atoms with Crippen LogP contribution >= 0.6 is 11.3 Å². The van der Waals surface area contributed by atoms with Crippen molar-refractivity contribution < 1.29 is 14.4 Å². The number of hydrogen-bond donors (Lipinski definition) is 3. The lowest BCUT2D eigenvalue weighted by Gasteiger charge is -2.48. The molecule has 0 bridgehead atoms. The van der Waals surface area contributed by atoms with E-state index in [4.69, 9.17) is 4.98 Å². The van der Waals surface area contributed by atoms with Gasteiger partial charge >= 0.3 is 5.69 Å².